The fraction of sp³-hybridized carbons (Fsp3) is 0.500. The number of halogens is 1. The third-order valence-corrected chi connectivity index (χ3v) is 3.83. The number of rotatable bonds is 5. The van der Waals surface area contributed by atoms with Gasteiger partial charge >= 0.3 is 5.97 Å². The Balaban J connectivity index is 2.05. The maximum absolute atomic E-state index is 13.6. The molecule has 2 rings (SSSR count). The van der Waals surface area contributed by atoms with Crippen molar-refractivity contribution in [3.05, 3.63) is 30.1 Å². The minimum absolute atomic E-state index is 0.0366. The van der Waals surface area contributed by atoms with Crippen LogP contribution in [0.4, 0.5) is 4.39 Å². The van der Waals surface area contributed by atoms with Crippen LogP contribution in [0.5, 0.6) is 5.75 Å². The summed E-state index contributed by atoms with van der Waals surface area (Å²) in [5.41, 5.74) is 0. The molecule has 1 fully saturated rings. The van der Waals surface area contributed by atoms with Crippen LogP contribution in [0.15, 0.2) is 24.3 Å². The Kier molecular flexibility index (Phi) is 5.35. The molecule has 6 heteroatoms. The van der Waals surface area contributed by atoms with Crippen LogP contribution in [0.25, 0.3) is 0 Å². The number of carboxylic acids is 1. The second kappa shape index (κ2) is 7.24. The van der Waals surface area contributed by atoms with E-state index >= 15 is 0 Å². The van der Waals surface area contributed by atoms with Crippen LogP contribution in [0.3, 0.4) is 0 Å². The quantitative estimate of drug-likeness (QED) is 0.906. The molecular weight excluding hydrogens is 289 g/mol. The van der Waals surface area contributed by atoms with Crippen molar-refractivity contribution in [1.29, 1.82) is 0 Å². The summed E-state index contributed by atoms with van der Waals surface area (Å²) in [6.07, 6.45) is 0.814. The normalized spacial score (nSPS) is 19.5. The van der Waals surface area contributed by atoms with Gasteiger partial charge in [-0.15, -0.1) is 0 Å². The average molecular weight is 309 g/mol. The number of aliphatic carboxylic acids is 1. The first kappa shape index (κ1) is 16.3. The first-order valence-electron chi connectivity index (χ1n) is 7.45. The molecule has 1 heterocycles. The fourth-order valence-corrected chi connectivity index (χ4v) is 2.58. The molecule has 1 saturated heterocycles. The van der Waals surface area contributed by atoms with Crippen LogP contribution in [-0.4, -0.2) is 41.1 Å². The molecule has 2 atom stereocenters. The lowest BCUT2D eigenvalue weighted by molar-refractivity contribution is -0.148. The van der Waals surface area contributed by atoms with Gasteiger partial charge < -0.3 is 14.7 Å². The fourth-order valence-electron chi connectivity index (χ4n) is 2.58. The van der Waals surface area contributed by atoms with E-state index in [0.29, 0.717) is 25.8 Å². The predicted octanol–water partition coefficient (Wildman–Crippen LogP) is 2.31. The molecule has 0 radical (unpaired) electrons. The summed E-state index contributed by atoms with van der Waals surface area (Å²) in [6.45, 7) is 2.48. The molecule has 1 aliphatic heterocycles. The van der Waals surface area contributed by atoms with Gasteiger partial charge in [-0.25, -0.2) is 4.39 Å². The zero-order valence-corrected chi connectivity index (χ0v) is 12.5. The largest absolute Gasteiger partial charge is 0.481 e. The monoisotopic (exact) mass is 309 g/mol. The third kappa shape index (κ3) is 3.75. The van der Waals surface area contributed by atoms with Crippen LogP contribution >= 0.6 is 0 Å². The van der Waals surface area contributed by atoms with Gasteiger partial charge in [-0.3, -0.25) is 9.59 Å². The van der Waals surface area contributed by atoms with Crippen molar-refractivity contribution >= 4 is 11.9 Å². The standard InChI is InChI=1S/C16H20FNO4/c1-2-13(22-14-8-4-3-7-12(14)17)15(19)18-9-5-6-11(10-18)16(20)21/h3-4,7-8,11,13H,2,5-6,9-10H2,1H3,(H,20,21)/t11-,13?/m0/s1. The van der Waals surface area contributed by atoms with Crippen molar-refractivity contribution in [2.75, 3.05) is 13.1 Å². The van der Waals surface area contributed by atoms with Crippen LogP contribution in [-0.2, 0) is 9.59 Å². The molecule has 1 aromatic carbocycles. The molecule has 0 spiro atoms. The van der Waals surface area contributed by atoms with E-state index in [9.17, 15) is 14.0 Å². The number of nitrogens with zero attached hydrogens (tertiary/aromatic N) is 1. The third-order valence-electron chi connectivity index (χ3n) is 3.83. The molecule has 0 aromatic heterocycles. The Labute approximate surface area is 128 Å². The van der Waals surface area contributed by atoms with E-state index < -0.39 is 23.8 Å². The zero-order valence-electron chi connectivity index (χ0n) is 12.5. The molecule has 0 saturated carbocycles. The van der Waals surface area contributed by atoms with Gasteiger partial charge in [0.2, 0.25) is 0 Å². The van der Waals surface area contributed by atoms with Gasteiger partial charge in [0.25, 0.3) is 5.91 Å². The predicted molar refractivity (Wildman–Crippen MR) is 78.0 cm³/mol. The maximum Gasteiger partial charge on any atom is 0.308 e. The van der Waals surface area contributed by atoms with Gasteiger partial charge in [0, 0.05) is 13.1 Å². The highest BCUT2D eigenvalue weighted by Gasteiger charge is 2.32. The molecule has 1 N–H and O–H groups in total. The molecule has 1 aromatic rings. The lowest BCUT2D eigenvalue weighted by Gasteiger charge is -2.33. The molecule has 120 valence electrons. The van der Waals surface area contributed by atoms with Crippen molar-refractivity contribution in [1.82, 2.24) is 4.90 Å². The van der Waals surface area contributed by atoms with Gasteiger partial charge in [0.15, 0.2) is 17.7 Å². The van der Waals surface area contributed by atoms with Crippen molar-refractivity contribution < 1.29 is 23.8 Å². The number of carbonyl (C=O) groups is 2. The van der Waals surface area contributed by atoms with Crippen molar-refractivity contribution in [2.24, 2.45) is 5.92 Å². The minimum Gasteiger partial charge on any atom is -0.481 e. The number of hydrogen-bond donors (Lipinski definition) is 1. The molecule has 1 unspecified atom stereocenters. The summed E-state index contributed by atoms with van der Waals surface area (Å²) in [4.78, 5) is 25.1. The van der Waals surface area contributed by atoms with Crippen LogP contribution in [0, 0.1) is 11.7 Å². The summed E-state index contributed by atoms with van der Waals surface area (Å²) in [5.74, 6) is -2.19. The van der Waals surface area contributed by atoms with Crippen molar-refractivity contribution in [3.63, 3.8) is 0 Å². The topological polar surface area (TPSA) is 66.8 Å². The number of carbonyl (C=O) groups excluding carboxylic acids is 1. The summed E-state index contributed by atoms with van der Waals surface area (Å²) in [6, 6.07) is 5.93. The zero-order chi connectivity index (χ0) is 16.1. The second-order valence-corrected chi connectivity index (χ2v) is 5.41. The minimum atomic E-state index is -0.888. The molecule has 5 nitrogen and oxygen atoms in total. The summed E-state index contributed by atoms with van der Waals surface area (Å²) < 4.78 is 19.1. The van der Waals surface area contributed by atoms with Crippen LogP contribution in [0.2, 0.25) is 0 Å². The van der Waals surface area contributed by atoms with Gasteiger partial charge in [0.1, 0.15) is 0 Å². The highest BCUT2D eigenvalue weighted by molar-refractivity contribution is 5.82. The first-order chi connectivity index (χ1) is 10.5. The van der Waals surface area contributed by atoms with E-state index in [0.717, 1.165) is 0 Å². The summed E-state index contributed by atoms with van der Waals surface area (Å²) in [5, 5.41) is 9.09. The second-order valence-electron chi connectivity index (χ2n) is 5.41. The van der Waals surface area contributed by atoms with E-state index in [1.807, 2.05) is 0 Å². The lowest BCUT2D eigenvalue weighted by Crippen LogP contribution is -2.48. The molecule has 22 heavy (non-hydrogen) atoms. The average Bonchev–Trinajstić information content (AvgIpc) is 2.53. The number of piperidine rings is 1. The van der Waals surface area contributed by atoms with E-state index in [1.54, 1.807) is 19.1 Å². The van der Waals surface area contributed by atoms with Gasteiger partial charge in [-0.1, -0.05) is 19.1 Å². The van der Waals surface area contributed by atoms with E-state index in [1.165, 1.54) is 17.0 Å². The first-order valence-corrected chi connectivity index (χ1v) is 7.45. The number of ether oxygens (including phenoxy) is 1. The Morgan fingerprint density at radius 1 is 1.45 bits per heavy atom. The Bertz CT molecular complexity index is 549. The molecule has 1 amide bonds. The van der Waals surface area contributed by atoms with Crippen LogP contribution < -0.4 is 4.74 Å². The smallest absolute Gasteiger partial charge is 0.308 e. The van der Waals surface area contributed by atoms with E-state index in [4.69, 9.17) is 9.84 Å². The van der Waals surface area contributed by atoms with E-state index in [-0.39, 0.29) is 18.2 Å². The summed E-state index contributed by atoms with van der Waals surface area (Å²) in [7, 11) is 0. The number of hydrogen-bond acceptors (Lipinski definition) is 3. The number of benzene rings is 1. The Morgan fingerprint density at radius 3 is 2.82 bits per heavy atom. The number of amides is 1. The number of para-hydroxylation sites is 1. The maximum atomic E-state index is 13.6. The Morgan fingerprint density at radius 2 is 2.18 bits per heavy atom. The number of likely N-dealkylation sites (tertiary alicyclic amines) is 1. The Hall–Kier alpha value is -2.11. The molecular formula is C16H20FNO4. The van der Waals surface area contributed by atoms with Gasteiger partial charge in [-0.05, 0) is 31.4 Å². The van der Waals surface area contributed by atoms with E-state index in [2.05, 4.69) is 0 Å². The summed E-state index contributed by atoms with van der Waals surface area (Å²) >= 11 is 0. The molecule has 0 aliphatic carbocycles. The highest BCUT2D eigenvalue weighted by Crippen LogP contribution is 2.22. The van der Waals surface area contributed by atoms with Gasteiger partial charge in [0.05, 0.1) is 5.92 Å². The molecule has 0 bridgehead atoms. The SMILES string of the molecule is CCC(Oc1ccccc1F)C(=O)N1CCC[C@H](C(=O)O)C1. The van der Waals surface area contributed by atoms with Gasteiger partial charge in [-0.2, -0.15) is 0 Å². The van der Waals surface area contributed by atoms with Crippen molar-refractivity contribution in [3.8, 4) is 5.75 Å². The molecule has 1 aliphatic rings. The van der Waals surface area contributed by atoms with Crippen molar-refractivity contribution in [2.45, 2.75) is 32.3 Å². The lowest BCUT2D eigenvalue weighted by atomic mass is 9.97. The highest BCUT2D eigenvalue weighted by atomic mass is 19.1. The number of carboxylic acid groups (broad SMARTS) is 1. The van der Waals surface area contributed by atoms with Crippen LogP contribution in [0.1, 0.15) is 26.2 Å².